The topological polar surface area (TPSA) is 69.6 Å². The van der Waals surface area contributed by atoms with Crippen LogP contribution in [-0.2, 0) is 11.2 Å². The third kappa shape index (κ3) is 6.61. The first-order valence-corrected chi connectivity index (χ1v) is 13.3. The van der Waals surface area contributed by atoms with Crippen molar-refractivity contribution < 1.29 is 15.0 Å². The summed E-state index contributed by atoms with van der Waals surface area (Å²) < 4.78 is 0. The Morgan fingerprint density at radius 1 is 1.25 bits per heavy atom. The van der Waals surface area contributed by atoms with Gasteiger partial charge in [-0.2, -0.15) is 0 Å². The Morgan fingerprint density at radius 3 is 2.66 bits per heavy atom. The molecule has 2 bridgehead atoms. The number of aliphatic carboxylic acids is 1. The second kappa shape index (κ2) is 11.7. The van der Waals surface area contributed by atoms with Gasteiger partial charge in [0, 0.05) is 29.7 Å². The molecule has 0 heterocycles. The average molecular weight is 460 g/mol. The van der Waals surface area contributed by atoms with E-state index in [1.165, 1.54) is 23.3 Å². The van der Waals surface area contributed by atoms with Gasteiger partial charge in [0.1, 0.15) is 0 Å². The molecule has 178 valence electrons. The lowest BCUT2D eigenvalue weighted by atomic mass is 9.44. The van der Waals surface area contributed by atoms with Gasteiger partial charge in [0.05, 0.1) is 6.10 Å². The van der Waals surface area contributed by atoms with E-state index in [9.17, 15) is 9.90 Å². The first kappa shape index (κ1) is 25.3. The van der Waals surface area contributed by atoms with E-state index in [4.69, 9.17) is 5.11 Å². The van der Waals surface area contributed by atoms with E-state index in [0.717, 1.165) is 31.1 Å². The van der Waals surface area contributed by atoms with Gasteiger partial charge in [0.25, 0.3) is 0 Å². The van der Waals surface area contributed by atoms with Crippen molar-refractivity contribution in [2.24, 2.45) is 23.2 Å². The number of aryl methyl sites for hydroxylation is 1. The third-order valence-electron chi connectivity index (χ3n) is 7.84. The van der Waals surface area contributed by atoms with Gasteiger partial charge in [0.2, 0.25) is 0 Å². The van der Waals surface area contributed by atoms with E-state index < -0.39 is 5.97 Å². The Kier molecular flexibility index (Phi) is 9.27. The molecule has 0 radical (unpaired) electrons. The number of nitrogens with one attached hydrogen (secondary N) is 1. The summed E-state index contributed by atoms with van der Waals surface area (Å²) in [7, 11) is 0. The number of allylic oxidation sites excluding steroid dienone is 2. The minimum absolute atomic E-state index is 0.244. The van der Waals surface area contributed by atoms with Crippen LogP contribution in [0.15, 0.2) is 41.3 Å². The predicted molar refractivity (Wildman–Crippen MR) is 133 cm³/mol. The number of benzene rings is 1. The Morgan fingerprint density at radius 2 is 2.00 bits per heavy atom. The molecule has 3 saturated carbocycles. The molecule has 4 rings (SSSR count). The summed E-state index contributed by atoms with van der Waals surface area (Å²) in [6.07, 6.45) is 10.5. The average Bonchev–Trinajstić information content (AvgIpc) is 2.78. The second-order valence-electron chi connectivity index (χ2n) is 10.2. The summed E-state index contributed by atoms with van der Waals surface area (Å²) in [4.78, 5) is 11.9. The maximum atomic E-state index is 10.7. The quantitative estimate of drug-likeness (QED) is 0.205. The predicted octanol–water partition coefficient (Wildman–Crippen LogP) is 5.54. The normalized spacial score (nSPS) is 27.2. The summed E-state index contributed by atoms with van der Waals surface area (Å²) >= 11 is 1.72. The first-order valence-electron chi connectivity index (χ1n) is 12.3. The molecule has 5 atom stereocenters. The fourth-order valence-electron chi connectivity index (χ4n) is 5.61. The largest absolute Gasteiger partial charge is 0.481 e. The standard InChI is InChI=1S/C27H41NO3S/c1-4-19-11-13-22(14-12-19)32-18-21(29)17-28-25-16-20-15-24(27(20,2)3)23(25)9-7-5-6-8-10-26(30)31/h5,7,11-14,20-21,23-25,28-29H,4,6,8-10,15-18H2,1-3H3,(H,30,31). The lowest BCUT2D eigenvalue weighted by molar-refractivity contribution is -0.137. The summed E-state index contributed by atoms with van der Waals surface area (Å²) in [6.45, 7) is 7.64. The molecule has 5 heteroatoms. The monoisotopic (exact) mass is 459 g/mol. The van der Waals surface area contributed by atoms with Crippen molar-refractivity contribution in [3.8, 4) is 0 Å². The van der Waals surface area contributed by atoms with Gasteiger partial charge in [-0.05, 0) is 79.4 Å². The molecule has 4 nitrogen and oxygen atoms in total. The highest BCUT2D eigenvalue weighted by Gasteiger charge is 2.56. The van der Waals surface area contributed by atoms with Crippen molar-refractivity contribution in [3.63, 3.8) is 0 Å². The SMILES string of the molecule is CCc1ccc(SCC(O)CNC2CC3CC(C2CC=CCCCC(=O)O)C3(C)C)cc1. The van der Waals surface area contributed by atoms with Gasteiger partial charge in [-0.1, -0.05) is 45.1 Å². The number of thioether (sulfide) groups is 1. The fraction of sp³-hybridized carbons (Fsp3) is 0.667. The molecule has 0 saturated heterocycles. The smallest absolute Gasteiger partial charge is 0.303 e. The molecular formula is C27H41NO3S. The zero-order valence-electron chi connectivity index (χ0n) is 19.9. The molecule has 3 fully saturated rings. The van der Waals surface area contributed by atoms with E-state index in [1.807, 2.05) is 0 Å². The Bertz CT molecular complexity index is 761. The number of carboxylic acid groups (broad SMARTS) is 1. The Labute approximate surface area is 198 Å². The summed E-state index contributed by atoms with van der Waals surface area (Å²) in [5.41, 5.74) is 1.76. The summed E-state index contributed by atoms with van der Waals surface area (Å²) in [6, 6.07) is 9.10. The molecule has 3 aliphatic carbocycles. The van der Waals surface area contributed by atoms with Crippen molar-refractivity contribution in [2.75, 3.05) is 12.3 Å². The van der Waals surface area contributed by atoms with Gasteiger partial charge < -0.3 is 15.5 Å². The maximum absolute atomic E-state index is 10.7. The number of unbranched alkanes of at least 4 members (excludes halogenated alkanes) is 1. The Balaban J connectivity index is 1.46. The fourth-order valence-corrected chi connectivity index (χ4v) is 6.44. The van der Waals surface area contributed by atoms with Gasteiger partial charge >= 0.3 is 5.97 Å². The zero-order chi connectivity index (χ0) is 23.1. The van der Waals surface area contributed by atoms with Gasteiger partial charge in [0.15, 0.2) is 0 Å². The lowest BCUT2D eigenvalue weighted by Crippen LogP contribution is -2.61. The molecule has 0 amide bonds. The number of aliphatic hydroxyl groups excluding tert-OH is 1. The molecule has 0 aliphatic heterocycles. The molecule has 1 aromatic rings. The maximum Gasteiger partial charge on any atom is 0.303 e. The van der Waals surface area contributed by atoms with E-state index in [2.05, 4.69) is 62.5 Å². The van der Waals surface area contributed by atoms with Crippen LogP contribution in [-0.4, -0.2) is 40.6 Å². The van der Waals surface area contributed by atoms with Gasteiger partial charge in [-0.3, -0.25) is 4.79 Å². The number of rotatable bonds is 13. The number of carbonyl (C=O) groups is 1. The first-order chi connectivity index (χ1) is 15.3. The minimum atomic E-state index is -0.716. The van der Waals surface area contributed by atoms with Crippen LogP contribution in [0.4, 0.5) is 0 Å². The van der Waals surface area contributed by atoms with Crippen molar-refractivity contribution >= 4 is 17.7 Å². The van der Waals surface area contributed by atoms with Crippen LogP contribution in [0, 0.1) is 23.2 Å². The van der Waals surface area contributed by atoms with Crippen LogP contribution >= 0.6 is 11.8 Å². The van der Waals surface area contributed by atoms with Crippen LogP contribution in [0.25, 0.3) is 0 Å². The van der Waals surface area contributed by atoms with Gasteiger partial charge in [-0.15, -0.1) is 11.8 Å². The highest BCUT2D eigenvalue weighted by atomic mass is 32.2. The molecule has 0 spiro atoms. The van der Waals surface area contributed by atoms with E-state index >= 15 is 0 Å². The molecule has 0 aromatic heterocycles. The number of aliphatic hydroxyl groups is 1. The molecule has 3 aliphatic rings. The van der Waals surface area contributed by atoms with Crippen molar-refractivity contribution in [2.45, 2.75) is 82.8 Å². The van der Waals surface area contributed by atoms with Crippen LogP contribution in [0.2, 0.25) is 0 Å². The zero-order valence-corrected chi connectivity index (χ0v) is 20.7. The van der Waals surface area contributed by atoms with Gasteiger partial charge in [-0.25, -0.2) is 0 Å². The Hall–Kier alpha value is -1.30. The van der Waals surface area contributed by atoms with E-state index in [0.29, 0.717) is 36.1 Å². The third-order valence-corrected chi connectivity index (χ3v) is 9.00. The van der Waals surface area contributed by atoms with Crippen molar-refractivity contribution in [3.05, 3.63) is 42.0 Å². The number of hydrogen-bond donors (Lipinski definition) is 3. The second-order valence-corrected chi connectivity index (χ2v) is 11.3. The van der Waals surface area contributed by atoms with Crippen molar-refractivity contribution in [1.82, 2.24) is 5.32 Å². The molecule has 3 N–H and O–H groups in total. The molecule has 5 unspecified atom stereocenters. The molecule has 1 aromatic carbocycles. The van der Waals surface area contributed by atoms with Crippen LogP contribution < -0.4 is 5.32 Å². The number of hydrogen-bond acceptors (Lipinski definition) is 4. The highest BCUT2D eigenvalue weighted by Crippen LogP contribution is 2.62. The summed E-state index contributed by atoms with van der Waals surface area (Å²) in [5, 5.41) is 23.1. The van der Waals surface area contributed by atoms with Crippen molar-refractivity contribution in [1.29, 1.82) is 0 Å². The number of carboxylic acids is 1. The number of fused-ring (bicyclic) bond motifs is 2. The van der Waals surface area contributed by atoms with E-state index in [1.54, 1.807) is 11.8 Å². The molecule has 32 heavy (non-hydrogen) atoms. The van der Waals surface area contributed by atoms with Crippen LogP contribution in [0.3, 0.4) is 0 Å². The van der Waals surface area contributed by atoms with E-state index in [-0.39, 0.29) is 12.5 Å². The lowest BCUT2D eigenvalue weighted by Gasteiger charge is -2.63. The molecular weight excluding hydrogens is 418 g/mol. The minimum Gasteiger partial charge on any atom is -0.481 e. The van der Waals surface area contributed by atoms with Crippen LogP contribution in [0.5, 0.6) is 0 Å². The van der Waals surface area contributed by atoms with Crippen LogP contribution in [0.1, 0.15) is 64.9 Å². The summed E-state index contributed by atoms with van der Waals surface area (Å²) in [5.74, 6) is 2.09. The highest BCUT2D eigenvalue weighted by molar-refractivity contribution is 7.99.